The van der Waals surface area contributed by atoms with Gasteiger partial charge in [-0.15, -0.1) is 11.3 Å². The first-order chi connectivity index (χ1) is 9.92. The molecular weight excluding hydrogens is 288 g/mol. The van der Waals surface area contributed by atoms with E-state index in [2.05, 4.69) is 26.1 Å². The van der Waals surface area contributed by atoms with Crippen molar-refractivity contribution in [1.82, 2.24) is 20.7 Å². The molecular formula is C14H24N4O2S. The molecule has 0 saturated carbocycles. The molecule has 0 spiro atoms. The number of hydrogen-bond acceptors (Lipinski definition) is 6. The van der Waals surface area contributed by atoms with Gasteiger partial charge >= 0.3 is 6.09 Å². The molecule has 0 radical (unpaired) electrons. The number of likely N-dealkylation sites (tertiary alicyclic amines) is 1. The fourth-order valence-corrected chi connectivity index (χ4v) is 2.79. The number of nitrogens with one attached hydrogen (secondary N) is 2. The van der Waals surface area contributed by atoms with Crippen LogP contribution in [0.2, 0.25) is 0 Å². The van der Waals surface area contributed by atoms with Crippen molar-refractivity contribution in [2.75, 3.05) is 13.1 Å². The molecule has 1 fully saturated rings. The number of rotatable bonds is 4. The van der Waals surface area contributed by atoms with Crippen molar-refractivity contribution in [3.05, 3.63) is 16.6 Å². The van der Waals surface area contributed by atoms with Gasteiger partial charge in [0.15, 0.2) is 0 Å². The Balaban J connectivity index is 1.64. The summed E-state index contributed by atoms with van der Waals surface area (Å²) in [7, 11) is 0. The van der Waals surface area contributed by atoms with Gasteiger partial charge in [-0.3, -0.25) is 10.3 Å². The van der Waals surface area contributed by atoms with Crippen molar-refractivity contribution in [3.63, 3.8) is 0 Å². The van der Waals surface area contributed by atoms with Crippen LogP contribution in [0, 0.1) is 0 Å². The van der Waals surface area contributed by atoms with Crippen LogP contribution in [0.25, 0.3) is 0 Å². The van der Waals surface area contributed by atoms with Crippen molar-refractivity contribution in [2.24, 2.45) is 0 Å². The van der Waals surface area contributed by atoms with Crippen LogP contribution < -0.4 is 10.9 Å². The summed E-state index contributed by atoms with van der Waals surface area (Å²) >= 11 is 1.63. The second-order valence-electron chi connectivity index (χ2n) is 6.30. The zero-order valence-electron chi connectivity index (χ0n) is 12.9. The van der Waals surface area contributed by atoms with Crippen LogP contribution in [0.5, 0.6) is 0 Å². The summed E-state index contributed by atoms with van der Waals surface area (Å²) < 4.78 is 5.19. The number of piperidine rings is 1. The predicted octanol–water partition coefficient (Wildman–Crippen LogP) is 2.14. The Labute approximate surface area is 129 Å². The Morgan fingerprint density at radius 1 is 1.48 bits per heavy atom. The van der Waals surface area contributed by atoms with Crippen molar-refractivity contribution < 1.29 is 9.53 Å². The highest BCUT2D eigenvalue weighted by Gasteiger charge is 2.21. The molecule has 0 unspecified atom stereocenters. The highest BCUT2D eigenvalue weighted by atomic mass is 32.1. The average molecular weight is 312 g/mol. The van der Waals surface area contributed by atoms with Gasteiger partial charge in [-0.1, -0.05) is 0 Å². The lowest BCUT2D eigenvalue weighted by Crippen LogP contribution is -2.50. The fraction of sp³-hybridized carbons (Fsp3) is 0.714. The lowest BCUT2D eigenvalue weighted by Gasteiger charge is -2.32. The van der Waals surface area contributed by atoms with Gasteiger partial charge in [-0.05, 0) is 33.6 Å². The highest BCUT2D eigenvalue weighted by molar-refractivity contribution is 7.07. The first-order valence-electron chi connectivity index (χ1n) is 7.26. The zero-order valence-corrected chi connectivity index (χ0v) is 13.7. The molecule has 1 aliphatic heterocycles. The van der Waals surface area contributed by atoms with E-state index in [0.29, 0.717) is 6.04 Å². The normalized spacial score (nSPS) is 17.7. The molecule has 2 N–H and O–H groups in total. The Hall–Kier alpha value is -1.18. The maximum Gasteiger partial charge on any atom is 0.422 e. The second-order valence-corrected chi connectivity index (χ2v) is 7.02. The van der Waals surface area contributed by atoms with Gasteiger partial charge in [-0.2, -0.15) is 0 Å². The minimum atomic E-state index is -0.470. The average Bonchev–Trinajstić information content (AvgIpc) is 2.89. The van der Waals surface area contributed by atoms with E-state index in [0.717, 1.165) is 38.2 Å². The predicted molar refractivity (Wildman–Crippen MR) is 82.9 cm³/mol. The van der Waals surface area contributed by atoms with Gasteiger partial charge in [-0.25, -0.2) is 15.2 Å². The van der Waals surface area contributed by atoms with E-state index >= 15 is 0 Å². The number of carbonyl (C=O) groups is 1. The minimum absolute atomic E-state index is 0.296. The van der Waals surface area contributed by atoms with Crippen LogP contribution in [0.3, 0.4) is 0 Å². The maximum atomic E-state index is 11.6. The molecule has 2 rings (SSSR count). The van der Waals surface area contributed by atoms with Gasteiger partial charge in [0.2, 0.25) is 0 Å². The van der Waals surface area contributed by atoms with E-state index in [1.54, 1.807) is 11.3 Å². The monoisotopic (exact) mass is 312 g/mol. The molecule has 0 bridgehead atoms. The third-order valence-electron chi connectivity index (χ3n) is 3.23. The van der Waals surface area contributed by atoms with Crippen molar-refractivity contribution in [2.45, 2.75) is 51.8 Å². The largest absolute Gasteiger partial charge is 0.443 e. The number of nitrogens with zero attached hydrogens (tertiary/aromatic N) is 2. The molecule has 118 valence electrons. The summed E-state index contributed by atoms with van der Waals surface area (Å²) in [5, 5.41) is 2.09. The van der Waals surface area contributed by atoms with Crippen molar-refractivity contribution in [3.8, 4) is 0 Å². The summed E-state index contributed by atoms with van der Waals surface area (Å²) in [6, 6.07) is 0.296. The van der Waals surface area contributed by atoms with E-state index in [1.165, 1.54) is 0 Å². The summed E-state index contributed by atoms with van der Waals surface area (Å²) in [5.74, 6) is 0. The summed E-state index contributed by atoms with van der Waals surface area (Å²) in [6.45, 7) is 8.47. The highest BCUT2D eigenvalue weighted by Crippen LogP contribution is 2.13. The number of amides is 1. The third-order valence-corrected chi connectivity index (χ3v) is 3.87. The molecule has 1 amide bonds. The number of aromatic nitrogens is 1. The molecule has 7 heteroatoms. The number of thiazole rings is 1. The SMILES string of the molecule is CC(C)(C)OC(=O)NNC1CCN(Cc2cscn2)CC1. The zero-order chi connectivity index (χ0) is 15.3. The molecule has 0 aromatic carbocycles. The molecule has 0 aliphatic carbocycles. The molecule has 0 atom stereocenters. The Bertz CT molecular complexity index is 436. The Kier molecular flexibility index (Phi) is 5.55. The van der Waals surface area contributed by atoms with Gasteiger partial charge in [0.25, 0.3) is 0 Å². The lowest BCUT2D eigenvalue weighted by atomic mass is 10.1. The summed E-state index contributed by atoms with van der Waals surface area (Å²) in [6.07, 6.45) is 1.58. The smallest absolute Gasteiger partial charge is 0.422 e. The minimum Gasteiger partial charge on any atom is -0.443 e. The van der Waals surface area contributed by atoms with Crippen LogP contribution in [0.1, 0.15) is 39.3 Å². The number of ether oxygens (including phenoxy) is 1. The quantitative estimate of drug-likeness (QED) is 0.834. The molecule has 1 aromatic rings. The fourth-order valence-electron chi connectivity index (χ4n) is 2.24. The van der Waals surface area contributed by atoms with Crippen LogP contribution in [-0.4, -0.2) is 40.7 Å². The first kappa shape index (κ1) is 16.2. The first-order valence-corrected chi connectivity index (χ1v) is 8.20. The van der Waals surface area contributed by atoms with Gasteiger partial charge in [0, 0.05) is 31.1 Å². The molecule has 1 aliphatic rings. The van der Waals surface area contributed by atoms with Gasteiger partial charge in [0.1, 0.15) is 5.60 Å². The van der Waals surface area contributed by atoms with Crippen LogP contribution >= 0.6 is 11.3 Å². The van der Waals surface area contributed by atoms with Crippen LogP contribution in [-0.2, 0) is 11.3 Å². The van der Waals surface area contributed by atoms with E-state index in [-0.39, 0.29) is 0 Å². The van der Waals surface area contributed by atoms with Gasteiger partial charge in [0.05, 0.1) is 11.2 Å². The number of hydrazine groups is 1. The standard InChI is InChI=1S/C14H24N4O2S/c1-14(2,3)20-13(19)17-16-11-4-6-18(7-5-11)8-12-9-21-10-15-12/h9-11,16H,4-8H2,1-3H3,(H,17,19). The van der Waals surface area contributed by atoms with E-state index in [9.17, 15) is 4.79 Å². The maximum absolute atomic E-state index is 11.6. The van der Waals surface area contributed by atoms with Crippen LogP contribution in [0.4, 0.5) is 4.79 Å². The van der Waals surface area contributed by atoms with Crippen molar-refractivity contribution >= 4 is 17.4 Å². The number of carbonyl (C=O) groups excluding carboxylic acids is 1. The second kappa shape index (κ2) is 7.20. The lowest BCUT2D eigenvalue weighted by molar-refractivity contribution is 0.0475. The summed E-state index contributed by atoms with van der Waals surface area (Å²) in [4.78, 5) is 18.3. The topological polar surface area (TPSA) is 66.5 Å². The van der Waals surface area contributed by atoms with E-state index < -0.39 is 11.7 Å². The third kappa shape index (κ3) is 5.99. The summed E-state index contributed by atoms with van der Waals surface area (Å²) in [5.41, 5.74) is 8.22. The van der Waals surface area contributed by atoms with E-state index in [1.807, 2.05) is 26.3 Å². The van der Waals surface area contributed by atoms with Crippen molar-refractivity contribution in [1.29, 1.82) is 0 Å². The Morgan fingerprint density at radius 3 is 2.76 bits per heavy atom. The molecule has 2 heterocycles. The van der Waals surface area contributed by atoms with E-state index in [4.69, 9.17) is 4.74 Å². The molecule has 21 heavy (non-hydrogen) atoms. The van der Waals surface area contributed by atoms with Gasteiger partial charge < -0.3 is 4.74 Å². The van der Waals surface area contributed by atoms with Crippen LogP contribution in [0.15, 0.2) is 10.9 Å². The number of hydrogen-bond donors (Lipinski definition) is 2. The Morgan fingerprint density at radius 2 is 2.19 bits per heavy atom. The molecule has 6 nitrogen and oxygen atoms in total. The molecule has 1 aromatic heterocycles. The molecule has 1 saturated heterocycles.